The van der Waals surface area contributed by atoms with E-state index in [9.17, 15) is 17.6 Å². The van der Waals surface area contributed by atoms with Crippen LogP contribution in [0.25, 0.3) is 11.1 Å². The second-order valence-electron chi connectivity index (χ2n) is 9.43. The van der Waals surface area contributed by atoms with Crippen LogP contribution in [0.15, 0.2) is 42.7 Å². The highest BCUT2D eigenvalue weighted by Crippen LogP contribution is 2.46. The summed E-state index contributed by atoms with van der Waals surface area (Å²) in [6.07, 6.45) is 5.10. The van der Waals surface area contributed by atoms with E-state index in [-0.39, 0.29) is 24.2 Å². The number of ether oxygens (including phenoxy) is 2. The van der Waals surface area contributed by atoms with Gasteiger partial charge in [-0.05, 0) is 73.2 Å². The number of aliphatic carboxylic acids is 1. The van der Waals surface area contributed by atoms with Crippen LogP contribution in [0.4, 0.5) is 4.39 Å². The molecule has 0 spiro atoms. The number of sulfone groups is 1. The van der Waals surface area contributed by atoms with Gasteiger partial charge < -0.3 is 14.6 Å². The second kappa shape index (κ2) is 10.8. The number of hydrogen-bond acceptors (Lipinski definition) is 7. The summed E-state index contributed by atoms with van der Waals surface area (Å²) < 4.78 is 48.5. The van der Waals surface area contributed by atoms with Crippen molar-refractivity contribution in [3.8, 4) is 22.8 Å². The highest BCUT2D eigenvalue weighted by atomic mass is 32.2. The maximum absolute atomic E-state index is 14.6. The molecule has 0 radical (unpaired) electrons. The average Bonchev–Trinajstić information content (AvgIpc) is 3.63. The van der Waals surface area contributed by atoms with E-state index in [1.54, 1.807) is 12.1 Å². The SMILES string of the molecule is Cc1cc(OCCCS(C)(=O)=O)cc(C)c1-c1ccc(F)c(COc2cnc([C@H]3C[C@@H]3C(=O)O)cn2)c1. The maximum Gasteiger partial charge on any atom is 0.307 e. The van der Waals surface area contributed by atoms with Gasteiger partial charge in [0.25, 0.3) is 0 Å². The van der Waals surface area contributed by atoms with Crippen LogP contribution >= 0.6 is 0 Å². The van der Waals surface area contributed by atoms with Crippen molar-refractivity contribution < 1.29 is 32.2 Å². The average molecular weight is 529 g/mol. The van der Waals surface area contributed by atoms with Crippen molar-refractivity contribution in [1.82, 2.24) is 9.97 Å². The Morgan fingerprint density at radius 1 is 1.11 bits per heavy atom. The molecule has 10 heteroatoms. The molecular weight excluding hydrogens is 499 g/mol. The van der Waals surface area contributed by atoms with Crippen LogP contribution in [0.3, 0.4) is 0 Å². The molecule has 1 fully saturated rings. The van der Waals surface area contributed by atoms with Crippen molar-refractivity contribution >= 4 is 15.8 Å². The van der Waals surface area contributed by atoms with Crippen molar-refractivity contribution in [2.24, 2.45) is 5.92 Å². The van der Waals surface area contributed by atoms with Gasteiger partial charge in [0, 0.05) is 17.7 Å². The largest absolute Gasteiger partial charge is 0.494 e. The molecule has 1 saturated carbocycles. The molecule has 37 heavy (non-hydrogen) atoms. The Balaban J connectivity index is 1.42. The number of carboxylic acid groups (broad SMARTS) is 1. The van der Waals surface area contributed by atoms with E-state index in [0.717, 1.165) is 22.3 Å². The molecular formula is C27H29FN2O6S. The highest BCUT2D eigenvalue weighted by Gasteiger charge is 2.45. The Bertz CT molecular complexity index is 1390. The molecule has 0 unspecified atom stereocenters. The lowest BCUT2D eigenvalue weighted by molar-refractivity contribution is -0.138. The zero-order valence-corrected chi connectivity index (χ0v) is 21.7. The van der Waals surface area contributed by atoms with Gasteiger partial charge in [0.15, 0.2) is 0 Å². The number of aryl methyl sites for hydroxylation is 2. The summed E-state index contributed by atoms with van der Waals surface area (Å²) >= 11 is 0. The summed E-state index contributed by atoms with van der Waals surface area (Å²) in [6.45, 7) is 4.14. The minimum atomic E-state index is -3.02. The van der Waals surface area contributed by atoms with Gasteiger partial charge in [0.2, 0.25) is 5.88 Å². The quantitative estimate of drug-likeness (QED) is 0.362. The van der Waals surface area contributed by atoms with Crippen molar-refractivity contribution in [1.29, 1.82) is 0 Å². The van der Waals surface area contributed by atoms with Gasteiger partial charge in [-0.3, -0.25) is 9.78 Å². The van der Waals surface area contributed by atoms with Gasteiger partial charge in [0.05, 0.1) is 36.4 Å². The Kier molecular flexibility index (Phi) is 7.77. The minimum absolute atomic E-state index is 0.0471. The van der Waals surface area contributed by atoms with E-state index in [0.29, 0.717) is 36.5 Å². The van der Waals surface area contributed by atoms with Crippen LogP contribution in [0.1, 0.15) is 41.1 Å². The first-order valence-corrected chi connectivity index (χ1v) is 14.0. The van der Waals surface area contributed by atoms with Gasteiger partial charge in [-0.15, -0.1) is 0 Å². The molecule has 4 rings (SSSR count). The van der Waals surface area contributed by atoms with Crippen LogP contribution in [0, 0.1) is 25.6 Å². The molecule has 196 valence electrons. The molecule has 0 amide bonds. The van der Waals surface area contributed by atoms with Gasteiger partial charge in [0.1, 0.15) is 28.0 Å². The van der Waals surface area contributed by atoms with E-state index in [1.807, 2.05) is 26.0 Å². The molecule has 1 aliphatic carbocycles. The summed E-state index contributed by atoms with van der Waals surface area (Å²) in [7, 11) is -3.02. The predicted molar refractivity (Wildman–Crippen MR) is 136 cm³/mol. The zero-order valence-electron chi connectivity index (χ0n) is 20.9. The van der Waals surface area contributed by atoms with Crippen LogP contribution in [-0.2, 0) is 21.2 Å². The molecule has 0 saturated heterocycles. The molecule has 1 N–H and O–H groups in total. The highest BCUT2D eigenvalue weighted by molar-refractivity contribution is 7.90. The summed E-state index contributed by atoms with van der Waals surface area (Å²) in [5, 5.41) is 9.06. The smallest absolute Gasteiger partial charge is 0.307 e. The maximum atomic E-state index is 14.6. The summed E-state index contributed by atoms with van der Waals surface area (Å²) in [6, 6.07) is 8.61. The van der Waals surface area contributed by atoms with Crippen molar-refractivity contribution in [3.63, 3.8) is 0 Å². The van der Waals surface area contributed by atoms with E-state index < -0.39 is 27.5 Å². The first-order valence-electron chi connectivity index (χ1n) is 11.9. The zero-order chi connectivity index (χ0) is 26.7. The van der Waals surface area contributed by atoms with Crippen molar-refractivity contribution in [2.45, 2.75) is 39.2 Å². The van der Waals surface area contributed by atoms with Crippen LogP contribution in [0.5, 0.6) is 11.6 Å². The molecule has 1 aromatic heterocycles. The number of aromatic nitrogens is 2. The first-order chi connectivity index (χ1) is 17.5. The molecule has 2 atom stereocenters. The lowest BCUT2D eigenvalue weighted by Crippen LogP contribution is -2.08. The van der Waals surface area contributed by atoms with Gasteiger partial charge in [-0.1, -0.05) is 6.07 Å². The molecule has 0 bridgehead atoms. The standard InChI is InChI=1S/C27H29FN2O6S/c1-16-9-20(35-7-4-8-37(3,33)34)10-17(2)26(16)18-5-6-23(28)19(11-18)15-36-25-14-29-24(13-30-25)21-12-22(21)27(31)32/h5-6,9-11,13-14,21-22H,4,7-8,12,15H2,1-3H3,(H,31,32)/t21-,22-/m0/s1. The molecule has 0 aliphatic heterocycles. The number of halogens is 1. The fourth-order valence-electron chi connectivity index (χ4n) is 4.35. The van der Waals surface area contributed by atoms with E-state index in [4.69, 9.17) is 14.6 Å². The Morgan fingerprint density at radius 2 is 1.84 bits per heavy atom. The third-order valence-corrected chi connectivity index (χ3v) is 7.31. The third-order valence-electron chi connectivity index (χ3n) is 6.28. The molecule has 1 heterocycles. The predicted octanol–water partition coefficient (Wildman–Crippen LogP) is 4.48. The first kappa shape index (κ1) is 26.5. The van der Waals surface area contributed by atoms with Crippen LogP contribution in [0.2, 0.25) is 0 Å². The Labute approximate surface area is 215 Å². The molecule has 1 aliphatic rings. The topological polar surface area (TPSA) is 116 Å². The molecule has 8 nitrogen and oxygen atoms in total. The van der Waals surface area contributed by atoms with Gasteiger partial charge in [-0.2, -0.15) is 0 Å². The Morgan fingerprint density at radius 3 is 2.43 bits per heavy atom. The van der Waals surface area contributed by atoms with Crippen molar-refractivity contribution in [3.05, 3.63) is 70.9 Å². The summed E-state index contributed by atoms with van der Waals surface area (Å²) in [5.74, 6) is -0.817. The number of carboxylic acids is 1. The second-order valence-corrected chi connectivity index (χ2v) is 11.7. The number of benzene rings is 2. The van der Waals surface area contributed by atoms with Crippen LogP contribution < -0.4 is 9.47 Å². The van der Waals surface area contributed by atoms with Crippen molar-refractivity contribution in [2.75, 3.05) is 18.6 Å². The fraction of sp³-hybridized carbons (Fsp3) is 0.370. The Hall–Kier alpha value is -3.53. The monoisotopic (exact) mass is 528 g/mol. The minimum Gasteiger partial charge on any atom is -0.494 e. The molecule has 2 aromatic carbocycles. The summed E-state index contributed by atoms with van der Waals surface area (Å²) in [4.78, 5) is 19.5. The van der Waals surface area contributed by atoms with E-state index in [2.05, 4.69) is 9.97 Å². The number of nitrogens with zero attached hydrogens (tertiary/aromatic N) is 2. The summed E-state index contributed by atoms with van der Waals surface area (Å²) in [5.41, 5.74) is 4.63. The fourth-order valence-corrected chi connectivity index (χ4v) is 5.00. The number of rotatable bonds is 11. The van der Waals surface area contributed by atoms with Crippen LogP contribution in [-0.4, -0.2) is 48.1 Å². The normalized spacial score (nSPS) is 16.9. The number of carbonyl (C=O) groups is 1. The lowest BCUT2D eigenvalue weighted by atomic mass is 9.94. The lowest BCUT2D eigenvalue weighted by Gasteiger charge is -2.15. The third kappa shape index (κ3) is 6.82. The van der Waals surface area contributed by atoms with E-state index >= 15 is 0 Å². The molecule has 3 aromatic rings. The van der Waals surface area contributed by atoms with Gasteiger partial charge in [-0.25, -0.2) is 17.8 Å². The van der Waals surface area contributed by atoms with E-state index in [1.165, 1.54) is 24.7 Å². The number of hydrogen-bond donors (Lipinski definition) is 1. The van der Waals surface area contributed by atoms with Gasteiger partial charge >= 0.3 is 5.97 Å².